The van der Waals surface area contributed by atoms with Crippen molar-refractivity contribution in [1.29, 1.82) is 0 Å². The molecule has 1 N–H and O–H groups in total. The molecule has 0 atom stereocenters. The zero-order valence-electron chi connectivity index (χ0n) is 22.4. The van der Waals surface area contributed by atoms with E-state index in [1.165, 1.54) is 0 Å². The van der Waals surface area contributed by atoms with Crippen LogP contribution in [0.1, 0.15) is 35.4 Å². The number of nitrogens with one attached hydrogen (secondary N) is 1. The van der Waals surface area contributed by atoms with Crippen molar-refractivity contribution in [3.63, 3.8) is 0 Å². The number of imidazole rings is 1. The molecule has 0 fully saturated rings. The van der Waals surface area contributed by atoms with E-state index in [0.29, 0.717) is 19.6 Å². The predicted molar refractivity (Wildman–Crippen MR) is 153 cm³/mol. The summed E-state index contributed by atoms with van der Waals surface area (Å²) in [4.78, 5) is 17.3. The van der Waals surface area contributed by atoms with E-state index in [2.05, 4.69) is 22.5 Å². The van der Waals surface area contributed by atoms with Gasteiger partial charge in [-0.3, -0.25) is 4.79 Å². The van der Waals surface area contributed by atoms with Gasteiger partial charge in [0.15, 0.2) is 11.5 Å². The van der Waals surface area contributed by atoms with Crippen molar-refractivity contribution in [2.75, 3.05) is 20.3 Å². The molecule has 4 aromatic rings. The fourth-order valence-corrected chi connectivity index (χ4v) is 4.61. The highest BCUT2D eigenvalue weighted by atomic mass is 16.5. The van der Waals surface area contributed by atoms with E-state index in [-0.39, 0.29) is 5.91 Å². The van der Waals surface area contributed by atoms with Gasteiger partial charge in [-0.15, -0.1) is 6.58 Å². The summed E-state index contributed by atoms with van der Waals surface area (Å²) in [5.74, 6) is 2.57. The largest absolute Gasteiger partial charge is 0.493 e. The first-order chi connectivity index (χ1) is 18.6. The molecule has 1 amide bonds. The number of aromatic nitrogens is 2. The second-order valence-electron chi connectivity index (χ2n) is 9.41. The monoisotopic (exact) mass is 511 g/mol. The lowest BCUT2D eigenvalue weighted by Gasteiger charge is -2.13. The topological polar surface area (TPSA) is 65.4 Å². The quantitative estimate of drug-likeness (QED) is 0.171. The number of benzene rings is 3. The molecule has 0 saturated heterocycles. The number of hydrogen-bond acceptors (Lipinski definition) is 4. The van der Waals surface area contributed by atoms with Crippen LogP contribution in [0, 0.1) is 6.92 Å². The Balaban J connectivity index is 1.31. The molecule has 198 valence electrons. The second-order valence-corrected chi connectivity index (χ2v) is 9.41. The van der Waals surface area contributed by atoms with Crippen LogP contribution in [0.5, 0.6) is 11.5 Å². The van der Waals surface area contributed by atoms with E-state index >= 15 is 0 Å². The van der Waals surface area contributed by atoms with Crippen LogP contribution in [-0.2, 0) is 30.6 Å². The normalized spacial score (nSPS) is 10.9. The molecule has 0 bridgehead atoms. The third-order valence-corrected chi connectivity index (χ3v) is 6.64. The molecular weight excluding hydrogens is 474 g/mol. The van der Waals surface area contributed by atoms with Crippen LogP contribution in [0.2, 0.25) is 0 Å². The lowest BCUT2D eigenvalue weighted by Crippen LogP contribution is -2.26. The zero-order valence-corrected chi connectivity index (χ0v) is 22.4. The first kappa shape index (κ1) is 27.0. The molecule has 1 aromatic heterocycles. The summed E-state index contributed by atoms with van der Waals surface area (Å²) in [6, 6.07) is 22.2. The van der Waals surface area contributed by atoms with Gasteiger partial charge in [-0.1, -0.05) is 48.5 Å². The molecule has 3 aromatic carbocycles. The number of carbonyl (C=O) groups excluding carboxylic acids is 1. The molecule has 0 aliphatic carbocycles. The van der Waals surface area contributed by atoms with Crippen LogP contribution in [0.4, 0.5) is 0 Å². The van der Waals surface area contributed by atoms with Gasteiger partial charge in [0.05, 0.1) is 31.2 Å². The maximum absolute atomic E-state index is 12.4. The average Bonchev–Trinajstić information content (AvgIpc) is 3.28. The van der Waals surface area contributed by atoms with E-state index in [0.717, 1.165) is 77.3 Å². The Hall–Kier alpha value is -4.06. The first-order valence-corrected chi connectivity index (χ1v) is 13.2. The molecule has 4 rings (SSSR count). The number of amides is 1. The molecule has 0 unspecified atom stereocenters. The summed E-state index contributed by atoms with van der Waals surface area (Å²) in [5, 5.41) is 3.06. The number of nitrogens with zero attached hydrogens (tertiary/aromatic N) is 2. The van der Waals surface area contributed by atoms with Crippen LogP contribution in [0.25, 0.3) is 11.0 Å². The summed E-state index contributed by atoms with van der Waals surface area (Å²) >= 11 is 0. The maximum Gasteiger partial charge on any atom is 0.224 e. The van der Waals surface area contributed by atoms with Crippen molar-refractivity contribution in [3.8, 4) is 11.5 Å². The van der Waals surface area contributed by atoms with Crippen molar-refractivity contribution in [3.05, 3.63) is 102 Å². The van der Waals surface area contributed by atoms with E-state index < -0.39 is 0 Å². The van der Waals surface area contributed by atoms with Gasteiger partial charge in [0.2, 0.25) is 5.91 Å². The summed E-state index contributed by atoms with van der Waals surface area (Å²) in [6.45, 7) is 7.82. The zero-order chi connectivity index (χ0) is 26.7. The Morgan fingerprint density at radius 2 is 1.87 bits per heavy atom. The number of rotatable bonds is 14. The van der Waals surface area contributed by atoms with Crippen molar-refractivity contribution < 1.29 is 14.3 Å². The Morgan fingerprint density at radius 1 is 1.05 bits per heavy atom. The number of fused-ring (bicyclic) bond motifs is 1. The van der Waals surface area contributed by atoms with E-state index in [9.17, 15) is 4.79 Å². The van der Waals surface area contributed by atoms with Gasteiger partial charge in [-0.2, -0.15) is 0 Å². The van der Waals surface area contributed by atoms with Gasteiger partial charge in [0.25, 0.3) is 0 Å². The molecule has 1 heterocycles. The fourth-order valence-electron chi connectivity index (χ4n) is 4.61. The second kappa shape index (κ2) is 13.5. The number of methoxy groups -OCH3 is 1. The molecule has 0 spiro atoms. The van der Waals surface area contributed by atoms with Gasteiger partial charge < -0.3 is 19.4 Å². The highest BCUT2D eigenvalue weighted by Gasteiger charge is 2.12. The molecule has 0 radical (unpaired) electrons. The summed E-state index contributed by atoms with van der Waals surface area (Å²) in [5.41, 5.74) is 5.47. The minimum Gasteiger partial charge on any atom is -0.493 e. The highest BCUT2D eigenvalue weighted by Crippen LogP contribution is 2.28. The third kappa shape index (κ3) is 7.03. The van der Waals surface area contributed by atoms with Gasteiger partial charge >= 0.3 is 0 Å². The maximum atomic E-state index is 12.4. The van der Waals surface area contributed by atoms with Crippen molar-refractivity contribution >= 4 is 16.9 Å². The number of para-hydroxylation sites is 2. The molecule has 0 aliphatic heterocycles. The van der Waals surface area contributed by atoms with Crippen molar-refractivity contribution in [2.24, 2.45) is 0 Å². The summed E-state index contributed by atoms with van der Waals surface area (Å²) < 4.78 is 13.9. The van der Waals surface area contributed by atoms with Gasteiger partial charge in [0, 0.05) is 19.5 Å². The third-order valence-electron chi connectivity index (χ3n) is 6.64. The average molecular weight is 512 g/mol. The Kier molecular flexibility index (Phi) is 9.57. The highest BCUT2D eigenvalue weighted by molar-refractivity contribution is 5.79. The Morgan fingerprint density at radius 3 is 2.68 bits per heavy atom. The van der Waals surface area contributed by atoms with Gasteiger partial charge in [-0.25, -0.2) is 4.98 Å². The molecule has 0 aliphatic rings. The smallest absolute Gasteiger partial charge is 0.224 e. The van der Waals surface area contributed by atoms with E-state index in [1.54, 1.807) is 7.11 Å². The molecule has 38 heavy (non-hydrogen) atoms. The molecule has 6 heteroatoms. The molecule has 0 saturated carbocycles. The standard InChI is InChI=1S/C32H37N3O3/c1-4-11-25-17-18-29(30(22-25)37-3)38-21-10-20-35-28-15-8-7-14-27(28)34-31(35)16-9-19-33-32(36)23-26-13-6-5-12-24(26)2/h4-8,12-15,17-18,22H,1,9-11,16,19-21,23H2,2-3H3,(H,33,36). The Labute approximate surface area is 225 Å². The fraction of sp³-hybridized carbons (Fsp3) is 0.312. The lowest BCUT2D eigenvalue weighted by molar-refractivity contribution is -0.120. The molecular formula is C32H37N3O3. The van der Waals surface area contributed by atoms with Crippen LogP contribution in [-0.4, -0.2) is 35.7 Å². The molecule has 6 nitrogen and oxygen atoms in total. The van der Waals surface area contributed by atoms with Crippen molar-refractivity contribution in [1.82, 2.24) is 14.9 Å². The SMILES string of the molecule is C=CCc1ccc(OCCCn2c(CCCNC(=O)Cc3ccccc3C)nc3ccccc32)c(OC)c1. The number of ether oxygens (including phenoxy) is 2. The van der Waals surface area contributed by atoms with Crippen LogP contribution >= 0.6 is 0 Å². The minimum absolute atomic E-state index is 0.0536. The predicted octanol–water partition coefficient (Wildman–Crippen LogP) is 5.84. The van der Waals surface area contributed by atoms with Crippen molar-refractivity contribution in [2.45, 2.75) is 45.6 Å². The van der Waals surface area contributed by atoms with Gasteiger partial charge in [-0.05, 0) is 67.1 Å². The number of carbonyl (C=O) groups is 1. The summed E-state index contributed by atoms with van der Waals surface area (Å²) in [7, 11) is 1.66. The first-order valence-electron chi connectivity index (χ1n) is 13.2. The van der Waals surface area contributed by atoms with Crippen LogP contribution in [0.3, 0.4) is 0 Å². The van der Waals surface area contributed by atoms with Gasteiger partial charge in [0.1, 0.15) is 5.82 Å². The van der Waals surface area contributed by atoms with Crippen LogP contribution < -0.4 is 14.8 Å². The minimum atomic E-state index is 0.0536. The number of hydrogen-bond donors (Lipinski definition) is 1. The number of aryl methyl sites for hydroxylation is 3. The Bertz CT molecular complexity index is 1380. The van der Waals surface area contributed by atoms with E-state index in [1.807, 2.05) is 73.7 Å². The van der Waals surface area contributed by atoms with E-state index in [4.69, 9.17) is 14.5 Å². The van der Waals surface area contributed by atoms with Crippen LogP contribution in [0.15, 0.2) is 79.4 Å². The lowest BCUT2D eigenvalue weighted by atomic mass is 10.1. The number of allylic oxidation sites excluding steroid dienone is 1. The summed E-state index contributed by atoms with van der Waals surface area (Å²) in [6.07, 6.45) is 5.53.